The Hall–Kier alpha value is -1.78. The van der Waals surface area contributed by atoms with Crippen molar-refractivity contribution >= 4 is 29.9 Å². The van der Waals surface area contributed by atoms with Gasteiger partial charge in [-0.1, -0.05) is 18.2 Å². The zero-order chi connectivity index (χ0) is 22.3. The minimum atomic E-state index is -1.17. The summed E-state index contributed by atoms with van der Waals surface area (Å²) in [5.41, 5.74) is 0.00136. The highest BCUT2D eigenvalue weighted by Gasteiger charge is 2.28. The number of aliphatic imine (C=N–C) groups is 1. The Morgan fingerprint density at radius 2 is 1.94 bits per heavy atom. The summed E-state index contributed by atoms with van der Waals surface area (Å²) in [7, 11) is 1.72. The monoisotopic (exact) mass is 556 g/mol. The summed E-state index contributed by atoms with van der Waals surface area (Å²) in [6.07, 6.45) is 2.43. The highest BCUT2D eigenvalue weighted by molar-refractivity contribution is 14.0. The van der Waals surface area contributed by atoms with Crippen LogP contribution in [0.2, 0.25) is 0 Å². The average Bonchev–Trinajstić information content (AvgIpc) is 3.45. The average molecular weight is 556 g/mol. The van der Waals surface area contributed by atoms with Gasteiger partial charge in [-0.2, -0.15) is 0 Å². The minimum Gasteiger partial charge on any atom is -0.496 e. The van der Waals surface area contributed by atoms with Gasteiger partial charge in [-0.3, -0.25) is 4.90 Å². The Morgan fingerprint density at radius 3 is 2.56 bits per heavy atom. The molecule has 178 valence electrons. The fourth-order valence-electron chi connectivity index (χ4n) is 4.00. The highest BCUT2D eigenvalue weighted by Crippen LogP contribution is 2.31. The van der Waals surface area contributed by atoms with Gasteiger partial charge in [0.1, 0.15) is 22.9 Å². The lowest BCUT2D eigenvalue weighted by Crippen LogP contribution is -2.43. The fourth-order valence-corrected chi connectivity index (χ4v) is 4.00. The van der Waals surface area contributed by atoms with Crippen LogP contribution in [-0.4, -0.2) is 55.8 Å². The minimum absolute atomic E-state index is 0. The van der Waals surface area contributed by atoms with Crippen LogP contribution in [0.5, 0.6) is 5.75 Å². The molecule has 0 bridgehead atoms. The Bertz CT molecular complexity index is 862. The maximum Gasteiger partial charge on any atom is 0.191 e. The topological polar surface area (TPSA) is 82.3 Å². The van der Waals surface area contributed by atoms with Crippen LogP contribution in [0.1, 0.15) is 49.8 Å². The highest BCUT2D eigenvalue weighted by atomic mass is 127. The summed E-state index contributed by atoms with van der Waals surface area (Å²) in [5.74, 6) is 2.87. The lowest BCUT2D eigenvalue weighted by Gasteiger charge is -2.30. The van der Waals surface area contributed by atoms with Gasteiger partial charge in [-0.25, -0.2) is 4.99 Å². The molecule has 2 atom stereocenters. The largest absolute Gasteiger partial charge is 0.496 e. The molecule has 2 aromatic rings. The molecule has 0 saturated carbocycles. The second-order valence-corrected chi connectivity index (χ2v) is 8.26. The Kier molecular flexibility index (Phi) is 10.3. The maximum atomic E-state index is 10.8. The first-order valence-electron chi connectivity index (χ1n) is 11.1. The smallest absolute Gasteiger partial charge is 0.191 e. The van der Waals surface area contributed by atoms with Crippen molar-refractivity contribution in [3.8, 4) is 5.75 Å². The molecule has 1 aliphatic heterocycles. The molecule has 1 saturated heterocycles. The summed E-state index contributed by atoms with van der Waals surface area (Å²) in [6, 6.07) is 12.0. The first-order valence-corrected chi connectivity index (χ1v) is 11.1. The Balaban J connectivity index is 0.00000363. The lowest BCUT2D eigenvalue weighted by atomic mass is 10.0. The second-order valence-electron chi connectivity index (χ2n) is 8.26. The van der Waals surface area contributed by atoms with Crippen molar-refractivity contribution in [2.45, 2.75) is 45.3 Å². The van der Waals surface area contributed by atoms with Crippen molar-refractivity contribution < 1.29 is 14.3 Å². The van der Waals surface area contributed by atoms with Crippen molar-refractivity contribution in [3.63, 3.8) is 0 Å². The molecule has 7 nitrogen and oxygen atoms in total. The summed E-state index contributed by atoms with van der Waals surface area (Å²) in [4.78, 5) is 7.14. The third kappa shape index (κ3) is 6.86. The zero-order valence-corrected chi connectivity index (χ0v) is 21.9. The van der Waals surface area contributed by atoms with Gasteiger partial charge in [-0.15, -0.1) is 24.0 Å². The van der Waals surface area contributed by atoms with Gasteiger partial charge >= 0.3 is 0 Å². The van der Waals surface area contributed by atoms with Crippen LogP contribution < -0.4 is 15.4 Å². The van der Waals surface area contributed by atoms with E-state index in [0.717, 1.165) is 31.1 Å². The van der Waals surface area contributed by atoms with E-state index in [1.165, 1.54) is 18.4 Å². The number of nitrogens with one attached hydrogen (secondary N) is 2. The molecule has 0 spiro atoms. The van der Waals surface area contributed by atoms with Crippen molar-refractivity contribution in [1.82, 2.24) is 15.5 Å². The number of aryl methyl sites for hydroxylation is 1. The predicted octanol–water partition coefficient (Wildman–Crippen LogP) is 3.81. The van der Waals surface area contributed by atoms with Crippen LogP contribution in [-0.2, 0) is 5.60 Å². The van der Waals surface area contributed by atoms with E-state index in [1.54, 1.807) is 20.1 Å². The molecular weight excluding hydrogens is 519 g/mol. The standard InChI is InChI=1S/C24H36N4O3.HI/c1-5-25-23(27-17-24(3,29)22-13-12-18(2)31-22)26-16-20(28-14-8-9-15-28)19-10-6-7-11-21(19)30-4;/h6-7,10-13,20,29H,5,8-9,14-17H2,1-4H3,(H2,25,26,27);1H. The van der Waals surface area contributed by atoms with Crippen LogP contribution in [0.15, 0.2) is 45.8 Å². The number of aliphatic hydroxyl groups is 1. The van der Waals surface area contributed by atoms with Crippen LogP contribution in [0.25, 0.3) is 0 Å². The van der Waals surface area contributed by atoms with Crippen molar-refractivity contribution in [1.29, 1.82) is 0 Å². The molecule has 3 N–H and O–H groups in total. The van der Waals surface area contributed by atoms with Crippen molar-refractivity contribution in [2.75, 3.05) is 39.8 Å². The summed E-state index contributed by atoms with van der Waals surface area (Å²) < 4.78 is 11.2. The van der Waals surface area contributed by atoms with E-state index in [4.69, 9.17) is 9.15 Å². The molecule has 0 radical (unpaired) electrons. The van der Waals surface area contributed by atoms with Gasteiger partial charge in [0.15, 0.2) is 5.96 Å². The number of halogens is 1. The van der Waals surface area contributed by atoms with Gasteiger partial charge in [0.2, 0.25) is 0 Å². The van der Waals surface area contributed by atoms with E-state index in [-0.39, 0.29) is 36.6 Å². The number of furan rings is 1. The van der Waals surface area contributed by atoms with Gasteiger partial charge in [-0.05, 0) is 64.9 Å². The summed E-state index contributed by atoms with van der Waals surface area (Å²) in [6.45, 7) is 9.38. The molecule has 1 aliphatic rings. The number of nitrogens with zero attached hydrogens (tertiary/aromatic N) is 2. The quantitative estimate of drug-likeness (QED) is 0.248. The molecule has 2 unspecified atom stereocenters. The first kappa shape index (κ1) is 26.5. The number of ether oxygens (including phenoxy) is 1. The second kappa shape index (κ2) is 12.5. The van der Waals surface area contributed by atoms with Crippen LogP contribution in [0.3, 0.4) is 0 Å². The number of benzene rings is 1. The molecule has 32 heavy (non-hydrogen) atoms. The van der Waals surface area contributed by atoms with Crippen LogP contribution >= 0.6 is 24.0 Å². The SMILES string of the molecule is CCNC(=NCC(C)(O)c1ccc(C)o1)NCC(c1ccccc1OC)N1CCCC1.I. The Morgan fingerprint density at radius 1 is 1.22 bits per heavy atom. The van der Waals surface area contributed by atoms with E-state index in [1.807, 2.05) is 32.0 Å². The first-order chi connectivity index (χ1) is 14.9. The normalized spacial score (nSPS) is 17.3. The fraction of sp³-hybridized carbons (Fsp3) is 0.542. The van der Waals surface area contributed by atoms with Gasteiger partial charge in [0.05, 0.1) is 19.7 Å². The number of para-hydroxylation sites is 1. The number of hydrogen-bond donors (Lipinski definition) is 3. The number of rotatable bonds is 9. The molecule has 0 aliphatic carbocycles. The predicted molar refractivity (Wildman–Crippen MR) is 139 cm³/mol. The van der Waals surface area contributed by atoms with Gasteiger partial charge < -0.3 is 24.9 Å². The Labute approximate surface area is 208 Å². The lowest BCUT2D eigenvalue weighted by molar-refractivity contribution is 0.0428. The third-order valence-corrected chi connectivity index (χ3v) is 5.70. The number of hydrogen-bond acceptors (Lipinski definition) is 5. The van der Waals surface area contributed by atoms with E-state index >= 15 is 0 Å². The summed E-state index contributed by atoms with van der Waals surface area (Å²) in [5, 5.41) is 17.6. The molecule has 1 fully saturated rings. The molecular formula is C24H37IN4O3. The van der Waals surface area contributed by atoms with E-state index in [9.17, 15) is 5.11 Å². The molecule has 3 rings (SSSR count). The number of guanidine groups is 1. The van der Waals surface area contributed by atoms with Gasteiger partial charge in [0.25, 0.3) is 0 Å². The van der Waals surface area contributed by atoms with Crippen molar-refractivity contribution in [3.05, 3.63) is 53.5 Å². The van der Waals surface area contributed by atoms with Crippen LogP contribution in [0, 0.1) is 6.92 Å². The van der Waals surface area contributed by atoms with E-state index in [0.29, 0.717) is 18.3 Å². The summed E-state index contributed by atoms with van der Waals surface area (Å²) >= 11 is 0. The molecule has 2 heterocycles. The van der Waals surface area contributed by atoms with Gasteiger partial charge in [0, 0.05) is 18.7 Å². The van der Waals surface area contributed by atoms with E-state index in [2.05, 4.69) is 32.7 Å². The zero-order valence-electron chi connectivity index (χ0n) is 19.6. The molecule has 1 aromatic heterocycles. The third-order valence-electron chi connectivity index (χ3n) is 5.70. The van der Waals surface area contributed by atoms with Crippen LogP contribution in [0.4, 0.5) is 0 Å². The van der Waals surface area contributed by atoms with Crippen molar-refractivity contribution in [2.24, 2.45) is 4.99 Å². The number of methoxy groups -OCH3 is 1. The molecule has 1 aromatic carbocycles. The maximum absolute atomic E-state index is 10.8. The molecule has 8 heteroatoms. The molecule has 0 amide bonds. The van der Waals surface area contributed by atoms with E-state index < -0.39 is 5.60 Å². The number of likely N-dealkylation sites (tertiary alicyclic amines) is 1.